The predicted molar refractivity (Wildman–Crippen MR) is 55.8 cm³/mol. The fourth-order valence-electron chi connectivity index (χ4n) is 0.917. The maximum absolute atomic E-state index is 10.5. The Kier molecular flexibility index (Phi) is 4.09. The molecule has 0 aromatic carbocycles. The van der Waals surface area contributed by atoms with Gasteiger partial charge in [0.05, 0.1) is 26.8 Å². The molecule has 0 aliphatic rings. The summed E-state index contributed by atoms with van der Waals surface area (Å²) in [7, 11) is 2.91. The van der Waals surface area contributed by atoms with Crippen molar-refractivity contribution >= 4 is 5.91 Å². The number of hydrogen-bond acceptors (Lipinski definition) is 5. The number of methoxy groups -OCH3 is 2. The molecule has 16 heavy (non-hydrogen) atoms. The van der Waals surface area contributed by atoms with Crippen molar-refractivity contribution < 1.29 is 14.3 Å². The number of carbonyl (C=O) groups excluding carboxylic acids is 1. The smallest absolute Gasteiger partial charge is 0.319 e. The van der Waals surface area contributed by atoms with Crippen LogP contribution in [-0.2, 0) is 4.79 Å². The van der Waals surface area contributed by atoms with Gasteiger partial charge in [0.15, 0.2) is 0 Å². The Labute approximate surface area is 92.8 Å². The van der Waals surface area contributed by atoms with Crippen molar-refractivity contribution in [2.45, 2.75) is 6.42 Å². The summed E-state index contributed by atoms with van der Waals surface area (Å²) in [4.78, 5) is 18.3. The van der Waals surface area contributed by atoms with Gasteiger partial charge >= 0.3 is 6.01 Å². The van der Waals surface area contributed by atoms with Gasteiger partial charge in [0.2, 0.25) is 11.8 Å². The zero-order valence-corrected chi connectivity index (χ0v) is 8.98. The summed E-state index contributed by atoms with van der Waals surface area (Å²) in [6.45, 7) is 0. The molecule has 0 saturated carbocycles. The molecule has 0 aliphatic carbocycles. The Morgan fingerprint density at radius 1 is 1.50 bits per heavy atom. The highest BCUT2D eigenvalue weighted by atomic mass is 16.5. The molecular weight excluding hydrogens is 210 g/mol. The molecule has 6 nitrogen and oxygen atoms in total. The summed E-state index contributed by atoms with van der Waals surface area (Å²) < 4.78 is 9.83. The first-order chi connectivity index (χ1) is 7.67. The second kappa shape index (κ2) is 5.56. The first kappa shape index (κ1) is 11.8. The van der Waals surface area contributed by atoms with Gasteiger partial charge in [0.1, 0.15) is 5.56 Å². The lowest BCUT2D eigenvalue weighted by Gasteiger charge is -2.02. The van der Waals surface area contributed by atoms with Gasteiger partial charge in [0.25, 0.3) is 0 Å². The van der Waals surface area contributed by atoms with Crippen LogP contribution in [0.15, 0.2) is 6.20 Å². The molecule has 1 aromatic rings. The molecule has 0 fully saturated rings. The third-order valence-corrected chi connectivity index (χ3v) is 1.59. The number of aromatic nitrogens is 2. The van der Waals surface area contributed by atoms with Crippen LogP contribution in [0.5, 0.6) is 11.9 Å². The number of primary amides is 1. The van der Waals surface area contributed by atoms with Crippen LogP contribution in [0.1, 0.15) is 12.0 Å². The number of carbonyl (C=O) groups is 1. The minimum Gasteiger partial charge on any atom is -0.480 e. The Morgan fingerprint density at radius 3 is 2.81 bits per heavy atom. The molecule has 0 aliphatic heterocycles. The SMILES string of the molecule is COc1ncc(C#CCC(N)=O)c(OC)n1. The zero-order valence-electron chi connectivity index (χ0n) is 8.98. The van der Waals surface area contributed by atoms with Crippen molar-refractivity contribution in [3.8, 4) is 23.7 Å². The van der Waals surface area contributed by atoms with Crippen molar-refractivity contribution in [3.63, 3.8) is 0 Å². The van der Waals surface area contributed by atoms with Gasteiger partial charge in [0, 0.05) is 0 Å². The molecule has 0 bridgehead atoms. The third-order valence-electron chi connectivity index (χ3n) is 1.59. The summed E-state index contributed by atoms with van der Waals surface area (Å²) in [5.41, 5.74) is 5.43. The monoisotopic (exact) mass is 221 g/mol. The van der Waals surface area contributed by atoms with E-state index in [1.165, 1.54) is 20.4 Å². The van der Waals surface area contributed by atoms with Gasteiger partial charge in [-0.25, -0.2) is 4.98 Å². The second-order valence-electron chi connectivity index (χ2n) is 2.72. The van der Waals surface area contributed by atoms with E-state index in [9.17, 15) is 4.79 Å². The fraction of sp³-hybridized carbons (Fsp3) is 0.300. The van der Waals surface area contributed by atoms with E-state index in [1.54, 1.807) is 0 Å². The molecule has 1 aromatic heterocycles. The highest BCUT2D eigenvalue weighted by Gasteiger charge is 2.05. The quantitative estimate of drug-likeness (QED) is 0.709. The van der Waals surface area contributed by atoms with E-state index in [0.717, 1.165) is 0 Å². The van der Waals surface area contributed by atoms with Crippen molar-refractivity contribution in [2.75, 3.05) is 14.2 Å². The van der Waals surface area contributed by atoms with Gasteiger partial charge in [-0.05, 0) is 0 Å². The number of rotatable bonds is 3. The van der Waals surface area contributed by atoms with Crippen LogP contribution in [0.2, 0.25) is 0 Å². The lowest BCUT2D eigenvalue weighted by atomic mass is 10.3. The molecular formula is C10H11N3O3. The van der Waals surface area contributed by atoms with Crippen molar-refractivity contribution in [2.24, 2.45) is 5.73 Å². The fourth-order valence-corrected chi connectivity index (χ4v) is 0.917. The van der Waals surface area contributed by atoms with E-state index in [4.69, 9.17) is 15.2 Å². The molecule has 0 saturated heterocycles. The molecule has 84 valence electrons. The van der Waals surface area contributed by atoms with E-state index >= 15 is 0 Å². The molecule has 1 heterocycles. The standard InChI is InChI=1S/C10H11N3O3/c1-15-9-7(4-3-5-8(11)14)6-12-10(13-9)16-2/h6H,5H2,1-2H3,(H2,11,14). The number of nitrogens with two attached hydrogens (primary N) is 1. The van der Waals surface area contributed by atoms with Gasteiger partial charge in [-0.2, -0.15) is 4.98 Å². The lowest BCUT2D eigenvalue weighted by Crippen LogP contribution is -2.08. The van der Waals surface area contributed by atoms with E-state index < -0.39 is 5.91 Å². The molecule has 0 radical (unpaired) electrons. The van der Waals surface area contributed by atoms with Crippen LogP contribution in [0.25, 0.3) is 0 Å². The van der Waals surface area contributed by atoms with Crippen LogP contribution in [-0.4, -0.2) is 30.1 Å². The van der Waals surface area contributed by atoms with Crippen LogP contribution >= 0.6 is 0 Å². The molecule has 1 amide bonds. The van der Waals surface area contributed by atoms with E-state index in [-0.39, 0.29) is 12.4 Å². The average molecular weight is 221 g/mol. The van der Waals surface area contributed by atoms with Crippen molar-refractivity contribution in [1.82, 2.24) is 9.97 Å². The first-order valence-corrected chi connectivity index (χ1v) is 4.39. The number of ether oxygens (including phenoxy) is 2. The number of hydrogen-bond donors (Lipinski definition) is 1. The molecule has 0 atom stereocenters. The Bertz CT molecular complexity index is 448. The van der Waals surface area contributed by atoms with Crippen molar-refractivity contribution in [3.05, 3.63) is 11.8 Å². The van der Waals surface area contributed by atoms with E-state index in [0.29, 0.717) is 11.4 Å². The largest absolute Gasteiger partial charge is 0.480 e. The second-order valence-corrected chi connectivity index (χ2v) is 2.72. The Balaban J connectivity index is 2.94. The minimum atomic E-state index is -0.485. The topological polar surface area (TPSA) is 87.3 Å². The van der Waals surface area contributed by atoms with Gasteiger partial charge in [-0.3, -0.25) is 4.79 Å². The zero-order chi connectivity index (χ0) is 12.0. The summed E-state index contributed by atoms with van der Waals surface area (Å²) in [5.74, 6) is 5.09. The average Bonchev–Trinajstić information content (AvgIpc) is 2.29. The minimum absolute atomic E-state index is 0.0187. The Morgan fingerprint density at radius 2 is 2.25 bits per heavy atom. The summed E-state index contributed by atoms with van der Waals surface area (Å²) in [6.07, 6.45) is 1.44. The predicted octanol–water partition coefficient (Wildman–Crippen LogP) is -0.279. The lowest BCUT2D eigenvalue weighted by molar-refractivity contribution is -0.117. The molecule has 0 unspecified atom stereocenters. The van der Waals surface area contributed by atoms with Gasteiger partial charge in [-0.15, -0.1) is 0 Å². The van der Waals surface area contributed by atoms with Gasteiger partial charge in [-0.1, -0.05) is 11.8 Å². The first-order valence-electron chi connectivity index (χ1n) is 4.39. The maximum atomic E-state index is 10.5. The van der Waals surface area contributed by atoms with Crippen LogP contribution in [0.4, 0.5) is 0 Å². The molecule has 0 spiro atoms. The van der Waals surface area contributed by atoms with Gasteiger partial charge < -0.3 is 15.2 Å². The number of amides is 1. The summed E-state index contributed by atoms with van der Waals surface area (Å²) >= 11 is 0. The molecule has 6 heteroatoms. The van der Waals surface area contributed by atoms with Crippen LogP contribution < -0.4 is 15.2 Å². The highest BCUT2D eigenvalue weighted by Crippen LogP contribution is 2.15. The van der Waals surface area contributed by atoms with Crippen molar-refractivity contribution in [1.29, 1.82) is 0 Å². The van der Waals surface area contributed by atoms with Crippen LogP contribution in [0, 0.1) is 11.8 Å². The third kappa shape index (κ3) is 3.13. The van der Waals surface area contributed by atoms with E-state index in [1.807, 2.05) is 0 Å². The molecule has 2 N–H and O–H groups in total. The summed E-state index contributed by atoms with van der Waals surface area (Å²) in [5, 5.41) is 0. The highest BCUT2D eigenvalue weighted by molar-refractivity contribution is 5.76. The number of nitrogens with zero attached hydrogens (tertiary/aromatic N) is 2. The molecule has 1 rings (SSSR count). The summed E-state index contributed by atoms with van der Waals surface area (Å²) in [6, 6.07) is 0.192. The van der Waals surface area contributed by atoms with E-state index in [2.05, 4.69) is 21.8 Å². The van der Waals surface area contributed by atoms with Crippen LogP contribution in [0.3, 0.4) is 0 Å². The Hall–Kier alpha value is -2.29. The normalized spacial score (nSPS) is 8.88. The maximum Gasteiger partial charge on any atom is 0.319 e.